The fourth-order valence-corrected chi connectivity index (χ4v) is 4.98. The van der Waals surface area contributed by atoms with E-state index < -0.39 is 40.9 Å². The fourth-order valence-electron chi connectivity index (χ4n) is 4.86. The standard InChI is InChI=1S/C26H23ClF5N3O/c27-19-9-10-23(33-15-19)25(16-5-2-1-3-6-16,17-11-18(26(30,31)32)13-21(29)12-17)35-24(36)34-22-8-4-7-20(28)14-22/h4,7-16H,1-3,5-6H2,(H2,34,35,36). The molecule has 2 amide bonds. The molecule has 36 heavy (non-hydrogen) atoms. The van der Waals surface area contributed by atoms with Crippen molar-refractivity contribution in [3.8, 4) is 0 Å². The molecule has 1 aliphatic rings. The molecule has 0 saturated heterocycles. The Balaban J connectivity index is 1.89. The molecule has 1 heterocycles. The van der Waals surface area contributed by atoms with E-state index in [0.717, 1.165) is 37.5 Å². The van der Waals surface area contributed by atoms with Crippen molar-refractivity contribution in [1.82, 2.24) is 10.3 Å². The number of carbonyl (C=O) groups is 1. The van der Waals surface area contributed by atoms with E-state index in [1.54, 1.807) is 0 Å². The van der Waals surface area contributed by atoms with Crippen LogP contribution >= 0.6 is 11.6 Å². The van der Waals surface area contributed by atoms with Gasteiger partial charge in [0.15, 0.2) is 0 Å². The number of aromatic nitrogens is 1. The third-order valence-corrected chi connectivity index (χ3v) is 6.65. The largest absolute Gasteiger partial charge is 0.416 e. The van der Waals surface area contributed by atoms with Crippen LogP contribution in [0.1, 0.15) is 48.9 Å². The number of anilines is 1. The molecule has 4 rings (SSSR count). The second kappa shape index (κ2) is 10.4. The van der Waals surface area contributed by atoms with E-state index in [1.807, 2.05) is 0 Å². The SMILES string of the molecule is O=C(Nc1cccc(F)c1)NC(c1cc(F)cc(C(F)(F)F)c1)(c1ccc(Cl)cn1)C1CCCCC1. The van der Waals surface area contributed by atoms with E-state index in [2.05, 4.69) is 15.6 Å². The van der Waals surface area contributed by atoms with Crippen molar-refractivity contribution in [2.24, 2.45) is 5.92 Å². The summed E-state index contributed by atoms with van der Waals surface area (Å²) in [5.74, 6) is -2.08. The average molecular weight is 524 g/mol. The smallest absolute Gasteiger partial charge is 0.322 e. The highest BCUT2D eigenvalue weighted by Crippen LogP contribution is 2.45. The molecule has 0 bridgehead atoms. The Labute approximate surface area is 209 Å². The molecule has 0 spiro atoms. The quantitative estimate of drug-likeness (QED) is 0.337. The molecular formula is C26H23ClF5N3O. The Bertz CT molecular complexity index is 1230. The highest BCUT2D eigenvalue weighted by Gasteiger charge is 2.46. The predicted octanol–water partition coefficient (Wildman–Crippen LogP) is 7.68. The number of amides is 2. The first-order chi connectivity index (χ1) is 17.1. The molecular weight excluding hydrogens is 501 g/mol. The summed E-state index contributed by atoms with van der Waals surface area (Å²) in [7, 11) is 0. The molecule has 0 radical (unpaired) electrons. The van der Waals surface area contributed by atoms with Gasteiger partial charge in [-0.2, -0.15) is 13.2 Å². The molecule has 10 heteroatoms. The Hall–Kier alpha value is -3.20. The topological polar surface area (TPSA) is 54.0 Å². The second-order valence-electron chi connectivity index (χ2n) is 8.82. The van der Waals surface area contributed by atoms with Crippen LogP contribution in [0, 0.1) is 17.6 Å². The van der Waals surface area contributed by atoms with Gasteiger partial charge in [0.1, 0.15) is 17.2 Å². The highest BCUT2D eigenvalue weighted by molar-refractivity contribution is 6.30. The summed E-state index contributed by atoms with van der Waals surface area (Å²) in [6, 6.07) is 9.65. The first-order valence-corrected chi connectivity index (χ1v) is 11.8. The van der Waals surface area contributed by atoms with Gasteiger partial charge in [0.05, 0.1) is 16.3 Å². The molecule has 1 aromatic heterocycles. The lowest BCUT2D eigenvalue weighted by molar-refractivity contribution is -0.137. The van der Waals surface area contributed by atoms with Gasteiger partial charge in [-0.05, 0) is 72.9 Å². The van der Waals surface area contributed by atoms with Crippen LogP contribution in [0.2, 0.25) is 5.02 Å². The van der Waals surface area contributed by atoms with Gasteiger partial charge in [0.25, 0.3) is 0 Å². The number of urea groups is 1. The van der Waals surface area contributed by atoms with Crippen molar-refractivity contribution in [1.29, 1.82) is 0 Å². The molecule has 1 aliphatic carbocycles. The van der Waals surface area contributed by atoms with E-state index in [9.17, 15) is 26.7 Å². The highest BCUT2D eigenvalue weighted by atomic mass is 35.5. The summed E-state index contributed by atoms with van der Waals surface area (Å²) in [5.41, 5.74) is -2.54. The Morgan fingerprint density at radius 3 is 2.28 bits per heavy atom. The minimum atomic E-state index is -4.81. The summed E-state index contributed by atoms with van der Waals surface area (Å²) in [4.78, 5) is 17.6. The Morgan fingerprint density at radius 1 is 0.917 bits per heavy atom. The van der Waals surface area contributed by atoms with Gasteiger partial charge < -0.3 is 10.6 Å². The van der Waals surface area contributed by atoms with E-state index in [1.165, 1.54) is 36.5 Å². The van der Waals surface area contributed by atoms with Crippen LogP contribution in [0.3, 0.4) is 0 Å². The number of nitrogens with zero attached hydrogens (tertiary/aromatic N) is 1. The zero-order valence-electron chi connectivity index (χ0n) is 19.0. The molecule has 1 fully saturated rings. The molecule has 2 N–H and O–H groups in total. The molecule has 1 unspecified atom stereocenters. The van der Waals surface area contributed by atoms with Crippen LogP contribution in [0.15, 0.2) is 60.8 Å². The maximum Gasteiger partial charge on any atom is 0.416 e. The maximum atomic E-state index is 14.7. The Morgan fingerprint density at radius 2 is 1.64 bits per heavy atom. The number of hydrogen-bond donors (Lipinski definition) is 2. The minimum absolute atomic E-state index is 0.0917. The lowest BCUT2D eigenvalue weighted by Crippen LogP contribution is -2.54. The van der Waals surface area contributed by atoms with Crippen LogP contribution in [0.4, 0.5) is 32.4 Å². The van der Waals surface area contributed by atoms with Gasteiger partial charge in [-0.15, -0.1) is 0 Å². The molecule has 190 valence electrons. The normalized spacial score (nSPS) is 16.3. The van der Waals surface area contributed by atoms with Crippen LogP contribution in [-0.2, 0) is 11.7 Å². The van der Waals surface area contributed by atoms with Crippen molar-refractivity contribution in [3.05, 3.63) is 94.3 Å². The molecule has 0 aliphatic heterocycles. The summed E-state index contributed by atoms with van der Waals surface area (Å²) in [5, 5.41) is 5.63. The maximum absolute atomic E-state index is 14.7. The zero-order valence-corrected chi connectivity index (χ0v) is 19.8. The first-order valence-electron chi connectivity index (χ1n) is 11.4. The number of carbonyl (C=O) groups excluding carboxylic acids is 1. The third kappa shape index (κ3) is 5.61. The number of benzene rings is 2. The Kier molecular flexibility index (Phi) is 7.49. The first kappa shape index (κ1) is 25.9. The van der Waals surface area contributed by atoms with Gasteiger partial charge in [0, 0.05) is 11.9 Å². The van der Waals surface area contributed by atoms with Gasteiger partial charge >= 0.3 is 12.2 Å². The number of rotatable bonds is 5. The number of alkyl halides is 3. The van der Waals surface area contributed by atoms with Crippen LogP contribution in [0.25, 0.3) is 0 Å². The second-order valence-corrected chi connectivity index (χ2v) is 9.26. The van der Waals surface area contributed by atoms with Crippen molar-refractivity contribution in [2.45, 2.75) is 43.8 Å². The fraction of sp³-hybridized carbons (Fsp3) is 0.308. The minimum Gasteiger partial charge on any atom is -0.322 e. The van der Waals surface area contributed by atoms with E-state index in [0.29, 0.717) is 18.9 Å². The molecule has 4 nitrogen and oxygen atoms in total. The number of nitrogens with one attached hydrogen (secondary N) is 2. The summed E-state index contributed by atoms with van der Waals surface area (Å²) in [6.45, 7) is 0. The molecule has 1 atom stereocenters. The van der Waals surface area contributed by atoms with Gasteiger partial charge in [-0.25, -0.2) is 13.6 Å². The number of hydrogen-bond acceptors (Lipinski definition) is 2. The van der Waals surface area contributed by atoms with Crippen LogP contribution in [-0.4, -0.2) is 11.0 Å². The van der Waals surface area contributed by atoms with Crippen LogP contribution in [0.5, 0.6) is 0 Å². The predicted molar refractivity (Wildman–Crippen MR) is 127 cm³/mol. The van der Waals surface area contributed by atoms with E-state index in [4.69, 9.17) is 11.6 Å². The third-order valence-electron chi connectivity index (χ3n) is 6.42. The summed E-state index contributed by atoms with van der Waals surface area (Å²) >= 11 is 6.03. The molecule has 2 aromatic carbocycles. The van der Waals surface area contributed by atoms with Crippen molar-refractivity contribution >= 4 is 23.3 Å². The lowest BCUT2D eigenvalue weighted by Gasteiger charge is -2.43. The summed E-state index contributed by atoms with van der Waals surface area (Å²) in [6.07, 6.45) is 0.0954. The van der Waals surface area contributed by atoms with Gasteiger partial charge in [0.2, 0.25) is 0 Å². The van der Waals surface area contributed by atoms with E-state index in [-0.39, 0.29) is 22.0 Å². The van der Waals surface area contributed by atoms with Crippen molar-refractivity contribution in [2.75, 3.05) is 5.32 Å². The van der Waals surface area contributed by atoms with Crippen molar-refractivity contribution in [3.63, 3.8) is 0 Å². The number of halogens is 6. The zero-order chi connectivity index (χ0) is 25.9. The lowest BCUT2D eigenvalue weighted by atomic mass is 9.68. The van der Waals surface area contributed by atoms with Gasteiger partial charge in [-0.1, -0.05) is 36.9 Å². The molecule has 1 saturated carbocycles. The van der Waals surface area contributed by atoms with Crippen LogP contribution < -0.4 is 10.6 Å². The van der Waals surface area contributed by atoms with E-state index >= 15 is 0 Å². The average Bonchev–Trinajstić information content (AvgIpc) is 2.83. The van der Waals surface area contributed by atoms with Gasteiger partial charge in [-0.3, -0.25) is 4.98 Å². The number of pyridine rings is 1. The molecule has 3 aromatic rings. The summed E-state index contributed by atoms with van der Waals surface area (Å²) < 4.78 is 69.4. The van der Waals surface area contributed by atoms with Crippen molar-refractivity contribution < 1.29 is 26.7 Å². The monoisotopic (exact) mass is 523 g/mol.